The first-order valence-corrected chi connectivity index (χ1v) is 12.8. The SMILES string of the molecule is CC(C)C[C@@H](c1c(O)c(C=O)c(O)c(C=O)c1O)[C@H]1CC[C@](C)(O)[C@H]2C[C@@H](C(C)(C)O)CC[C@]12C. The van der Waals surface area contributed by atoms with E-state index in [9.17, 15) is 35.1 Å². The molecule has 2 aliphatic carbocycles. The summed E-state index contributed by atoms with van der Waals surface area (Å²) in [5.74, 6) is -2.10. The zero-order chi connectivity index (χ0) is 26.5. The summed E-state index contributed by atoms with van der Waals surface area (Å²) in [6, 6.07) is 0. The lowest BCUT2D eigenvalue weighted by molar-refractivity contribution is -0.171. The molecule has 2 saturated carbocycles. The lowest BCUT2D eigenvalue weighted by atomic mass is 9.46. The predicted molar refractivity (Wildman–Crippen MR) is 133 cm³/mol. The Morgan fingerprint density at radius 3 is 1.97 bits per heavy atom. The minimum absolute atomic E-state index is 0.0353. The molecule has 0 radical (unpaired) electrons. The number of carbonyl (C=O) groups is 2. The highest BCUT2D eigenvalue weighted by molar-refractivity contribution is 5.95. The molecule has 0 aliphatic heterocycles. The van der Waals surface area contributed by atoms with Gasteiger partial charge in [-0.2, -0.15) is 0 Å². The monoisotopic (exact) mass is 490 g/mol. The van der Waals surface area contributed by atoms with Crippen molar-refractivity contribution >= 4 is 12.6 Å². The maximum atomic E-state index is 11.7. The Morgan fingerprint density at radius 2 is 1.51 bits per heavy atom. The summed E-state index contributed by atoms with van der Waals surface area (Å²) in [5.41, 5.74) is -2.85. The van der Waals surface area contributed by atoms with E-state index in [-0.39, 0.29) is 34.7 Å². The van der Waals surface area contributed by atoms with E-state index < -0.39 is 45.5 Å². The summed E-state index contributed by atoms with van der Waals surface area (Å²) in [7, 11) is 0. The average molecular weight is 491 g/mol. The second-order valence-corrected chi connectivity index (χ2v) is 12.4. The van der Waals surface area contributed by atoms with Gasteiger partial charge in [0.1, 0.15) is 17.2 Å². The molecule has 1 aromatic carbocycles. The molecule has 3 rings (SSSR count). The summed E-state index contributed by atoms with van der Waals surface area (Å²) in [4.78, 5) is 23.5. The van der Waals surface area contributed by atoms with Gasteiger partial charge < -0.3 is 25.5 Å². The Kier molecular flexibility index (Phi) is 7.37. The van der Waals surface area contributed by atoms with E-state index >= 15 is 0 Å². The Labute approximate surface area is 208 Å². The van der Waals surface area contributed by atoms with Crippen LogP contribution in [0.2, 0.25) is 0 Å². The van der Waals surface area contributed by atoms with E-state index in [0.717, 1.165) is 12.8 Å². The number of carbonyl (C=O) groups excluding carboxylic acids is 2. The molecule has 2 aliphatic rings. The second-order valence-electron chi connectivity index (χ2n) is 12.4. The lowest BCUT2D eigenvalue weighted by Crippen LogP contribution is -2.57. The highest BCUT2D eigenvalue weighted by Gasteiger charge is 2.58. The number of phenols is 3. The Bertz CT molecular complexity index is 939. The van der Waals surface area contributed by atoms with Crippen LogP contribution in [-0.4, -0.2) is 49.3 Å². The van der Waals surface area contributed by atoms with E-state index in [0.29, 0.717) is 38.3 Å². The van der Waals surface area contributed by atoms with E-state index in [1.165, 1.54) is 0 Å². The quantitative estimate of drug-likeness (QED) is 0.343. The number of benzene rings is 1. The van der Waals surface area contributed by atoms with Crippen molar-refractivity contribution in [1.82, 2.24) is 0 Å². The first-order valence-electron chi connectivity index (χ1n) is 12.8. The first-order chi connectivity index (χ1) is 16.1. The topological polar surface area (TPSA) is 135 Å². The van der Waals surface area contributed by atoms with Crippen molar-refractivity contribution in [3.05, 3.63) is 16.7 Å². The molecule has 5 N–H and O–H groups in total. The van der Waals surface area contributed by atoms with Gasteiger partial charge in [0.2, 0.25) is 0 Å². The van der Waals surface area contributed by atoms with Crippen molar-refractivity contribution in [2.75, 3.05) is 0 Å². The summed E-state index contributed by atoms with van der Waals surface area (Å²) in [5, 5.41) is 54.7. The van der Waals surface area contributed by atoms with Crippen LogP contribution in [0.25, 0.3) is 0 Å². The summed E-state index contributed by atoms with van der Waals surface area (Å²) < 4.78 is 0. The number of fused-ring (bicyclic) bond motifs is 1. The van der Waals surface area contributed by atoms with E-state index in [1.54, 1.807) is 0 Å². The molecule has 0 heterocycles. The van der Waals surface area contributed by atoms with Gasteiger partial charge in [-0.05, 0) is 94.3 Å². The molecular weight excluding hydrogens is 448 g/mol. The number of hydrogen-bond acceptors (Lipinski definition) is 7. The predicted octanol–water partition coefficient (Wildman–Crippen LogP) is 4.91. The number of aliphatic hydroxyl groups is 2. The molecule has 2 fully saturated rings. The molecule has 7 nitrogen and oxygen atoms in total. The van der Waals surface area contributed by atoms with Crippen LogP contribution in [0.15, 0.2) is 0 Å². The highest BCUT2D eigenvalue weighted by Crippen LogP contribution is 2.64. The van der Waals surface area contributed by atoms with Crippen LogP contribution in [0.4, 0.5) is 0 Å². The van der Waals surface area contributed by atoms with E-state index in [4.69, 9.17) is 0 Å². The zero-order valence-corrected chi connectivity index (χ0v) is 21.8. The van der Waals surface area contributed by atoms with Crippen LogP contribution in [-0.2, 0) is 0 Å². The van der Waals surface area contributed by atoms with Gasteiger partial charge >= 0.3 is 0 Å². The Hall–Kier alpha value is -2.12. The molecule has 0 aromatic heterocycles. The van der Waals surface area contributed by atoms with Gasteiger partial charge in [0.15, 0.2) is 12.6 Å². The number of aromatic hydroxyl groups is 3. The summed E-state index contributed by atoms with van der Waals surface area (Å²) >= 11 is 0. The normalized spacial score (nSPS) is 32.2. The largest absolute Gasteiger partial charge is 0.507 e. The fourth-order valence-corrected chi connectivity index (χ4v) is 7.33. The maximum absolute atomic E-state index is 11.7. The second kappa shape index (κ2) is 9.40. The molecule has 0 saturated heterocycles. The van der Waals surface area contributed by atoms with Crippen LogP contribution in [0.5, 0.6) is 17.2 Å². The third-order valence-electron chi connectivity index (χ3n) is 9.25. The van der Waals surface area contributed by atoms with Gasteiger partial charge in [0.25, 0.3) is 0 Å². The van der Waals surface area contributed by atoms with Crippen LogP contribution in [0.3, 0.4) is 0 Å². The van der Waals surface area contributed by atoms with Gasteiger partial charge in [0, 0.05) is 5.56 Å². The first kappa shape index (κ1) is 27.5. The Balaban J connectivity index is 2.20. The highest BCUT2D eigenvalue weighted by atomic mass is 16.3. The third kappa shape index (κ3) is 4.69. The number of hydrogen-bond donors (Lipinski definition) is 5. The molecule has 0 amide bonds. The minimum atomic E-state index is -0.932. The van der Waals surface area contributed by atoms with Crippen molar-refractivity contribution in [1.29, 1.82) is 0 Å². The van der Waals surface area contributed by atoms with Gasteiger partial charge in [0.05, 0.1) is 22.3 Å². The van der Waals surface area contributed by atoms with E-state index in [2.05, 4.69) is 6.92 Å². The number of phenolic OH excluding ortho intramolecular Hbond substituents is 3. The third-order valence-corrected chi connectivity index (χ3v) is 9.25. The summed E-state index contributed by atoms with van der Waals surface area (Å²) in [6.45, 7) is 11.7. The summed E-state index contributed by atoms with van der Waals surface area (Å²) in [6.07, 6.45) is 4.53. The zero-order valence-electron chi connectivity index (χ0n) is 21.8. The van der Waals surface area contributed by atoms with Gasteiger partial charge in [-0.25, -0.2) is 0 Å². The molecule has 1 aromatic rings. The maximum Gasteiger partial charge on any atom is 0.157 e. The average Bonchev–Trinajstić information content (AvgIpc) is 2.72. The fraction of sp³-hybridized carbons (Fsp3) is 0.714. The fourth-order valence-electron chi connectivity index (χ4n) is 7.33. The Morgan fingerprint density at radius 1 is 0.971 bits per heavy atom. The van der Waals surface area contributed by atoms with Gasteiger partial charge in [-0.15, -0.1) is 0 Å². The van der Waals surface area contributed by atoms with Crippen LogP contribution < -0.4 is 0 Å². The molecule has 6 atom stereocenters. The molecule has 0 spiro atoms. The molecule has 0 unspecified atom stereocenters. The van der Waals surface area contributed by atoms with Crippen molar-refractivity contribution in [2.24, 2.45) is 29.1 Å². The van der Waals surface area contributed by atoms with Crippen molar-refractivity contribution in [3.8, 4) is 17.2 Å². The van der Waals surface area contributed by atoms with Crippen LogP contribution in [0.1, 0.15) is 112 Å². The molecule has 196 valence electrons. The molecule has 0 bridgehead atoms. The van der Waals surface area contributed by atoms with Gasteiger partial charge in [-0.3, -0.25) is 9.59 Å². The smallest absolute Gasteiger partial charge is 0.157 e. The van der Waals surface area contributed by atoms with Crippen molar-refractivity contribution in [3.63, 3.8) is 0 Å². The molecule has 7 heteroatoms. The lowest BCUT2D eigenvalue weighted by Gasteiger charge is -2.60. The van der Waals surface area contributed by atoms with Gasteiger partial charge in [-0.1, -0.05) is 20.8 Å². The number of aldehydes is 2. The van der Waals surface area contributed by atoms with Crippen molar-refractivity contribution < 1.29 is 35.1 Å². The number of rotatable bonds is 7. The van der Waals surface area contributed by atoms with Crippen LogP contribution in [0, 0.1) is 29.1 Å². The van der Waals surface area contributed by atoms with Crippen molar-refractivity contribution in [2.45, 2.75) is 97.2 Å². The standard InChI is InChI=1S/C28H42O7/c1-15(2)11-17(22-24(32)18(13-29)23(31)19(14-30)25(22)33)20-8-10-28(6,35)21-12-16(26(3,4)34)7-9-27(20,21)5/h13-17,20-21,31-35H,7-12H2,1-6H3/t16-,17+,20+,21-,27+,28-/m0/s1. The van der Waals surface area contributed by atoms with E-state index in [1.807, 2.05) is 34.6 Å². The molecular formula is C28H42O7. The van der Waals surface area contributed by atoms with Crippen LogP contribution >= 0.6 is 0 Å². The molecule has 35 heavy (non-hydrogen) atoms. The minimum Gasteiger partial charge on any atom is -0.507 e.